The van der Waals surface area contributed by atoms with E-state index in [0.717, 1.165) is 25.9 Å². The zero-order valence-electron chi connectivity index (χ0n) is 7.97. The molecule has 0 saturated carbocycles. The van der Waals surface area contributed by atoms with Crippen LogP contribution in [0.1, 0.15) is 33.1 Å². The topological polar surface area (TPSA) is 50.1 Å². The fourth-order valence-corrected chi connectivity index (χ4v) is 2.46. The SMILES string of the molecule is CCCCNP(N)(=S)NCCC. The monoisotopic (exact) mass is 209 g/mol. The molecule has 0 rings (SSSR count). The van der Waals surface area contributed by atoms with Gasteiger partial charge in [-0.3, -0.25) is 15.7 Å². The molecule has 0 spiro atoms. The van der Waals surface area contributed by atoms with Gasteiger partial charge in [0.25, 0.3) is 0 Å². The standard InChI is InChI=1S/C7H20N3PS/c1-3-5-7-10-11(8,12)9-6-4-2/h3-7H2,1-2H3,(H4,8,9,10,12). The molecule has 0 aromatic heterocycles. The molecule has 4 N–H and O–H groups in total. The van der Waals surface area contributed by atoms with Gasteiger partial charge in [0.15, 0.2) is 0 Å². The van der Waals surface area contributed by atoms with Gasteiger partial charge in [0, 0.05) is 13.1 Å². The van der Waals surface area contributed by atoms with Crippen LogP contribution in [0.15, 0.2) is 0 Å². The summed E-state index contributed by atoms with van der Waals surface area (Å²) in [5.41, 5.74) is 5.85. The lowest BCUT2D eigenvalue weighted by atomic mass is 10.3. The summed E-state index contributed by atoms with van der Waals surface area (Å²) in [7, 11) is 0. The zero-order valence-corrected chi connectivity index (χ0v) is 9.68. The average Bonchev–Trinajstić information content (AvgIpc) is 2.01. The number of rotatable bonds is 7. The van der Waals surface area contributed by atoms with Crippen molar-refractivity contribution in [3.05, 3.63) is 0 Å². The van der Waals surface area contributed by atoms with E-state index in [4.69, 9.17) is 17.3 Å². The molecule has 0 amide bonds. The Hall–Kier alpha value is 0.530. The summed E-state index contributed by atoms with van der Waals surface area (Å²) in [5, 5.41) is 6.35. The quantitative estimate of drug-likeness (QED) is 0.440. The summed E-state index contributed by atoms with van der Waals surface area (Å²) in [6, 6.07) is 0. The third kappa shape index (κ3) is 7.19. The Labute approximate surface area is 80.7 Å². The Morgan fingerprint density at radius 2 is 1.75 bits per heavy atom. The van der Waals surface area contributed by atoms with Crippen LogP contribution in [0.25, 0.3) is 0 Å². The fraction of sp³-hybridized carbons (Fsp3) is 1.00. The van der Waals surface area contributed by atoms with Crippen LogP contribution in [0.5, 0.6) is 0 Å². The lowest BCUT2D eigenvalue weighted by Crippen LogP contribution is -2.28. The molecule has 1 atom stereocenters. The summed E-state index contributed by atoms with van der Waals surface area (Å²) in [5.74, 6) is 0. The molecule has 0 fully saturated rings. The highest BCUT2D eigenvalue weighted by Crippen LogP contribution is 2.24. The second kappa shape index (κ2) is 6.98. The number of hydrogen-bond donors (Lipinski definition) is 3. The molecule has 0 bridgehead atoms. The Kier molecular flexibility index (Phi) is 7.29. The lowest BCUT2D eigenvalue weighted by molar-refractivity contribution is 0.757. The van der Waals surface area contributed by atoms with Crippen molar-refractivity contribution in [2.24, 2.45) is 5.50 Å². The largest absolute Gasteiger partial charge is 0.279 e. The molecule has 0 radical (unpaired) electrons. The van der Waals surface area contributed by atoms with Crippen molar-refractivity contribution in [2.75, 3.05) is 13.1 Å². The van der Waals surface area contributed by atoms with Crippen LogP contribution in [0.4, 0.5) is 0 Å². The van der Waals surface area contributed by atoms with Crippen LogP contribution in [-0.2, 0) is 11.8 Å². The summed E-state index contributed by atoms with van der Waals surface area (Å²) >= 11 is 5.19. The van der Waals surface area contributed by atoms with Crippen LogP contribution < -0.4 is 15.7 Å². The van der Waals surface area contributed by atoms with E-state index in [1.54, 1.807) is 0 Å². The van der Waals surface area contributed by atoms with E-state index in [1.807, 2.05) is 0 Å². The molecule has 5 heteroatoms. The number of hydrogen-bond acceptors (Lipinski definition) is 1. The lowest BCUT2D eigenvalue weighted by Gasteiger charge is -2.18. The second-order valence-corrected chi connectivity index (χ2v) is 6.50. The van der Waals surface area contributed by atoms with Gasteiger partial charge in [0.05, 0.1) is 0 Å². The normalized spacial score (nSPS) is 15.9. The molecule has 3 nitrogen and oxygen atoms in total. The Balaban J connectivity index is 3.49. The van der Waals surface area contributed by atoms with Crippen molar-refractivity contribution in [1.82, 2.24) is 10.2 Å². The van der Waals surface area contributed by atoms with Crippen molar-refractivity contribution in [3.8, 4) is 0 Å². The van der Waals surface area contributed by atoms with Gasteiger partial charge in [0.1, 0.15) is 6.49 Å². The van der Waals surface area contributed by atoms with Crippen molar-refractivity contribution in [1.29, 1.82) is 0 Å². The van der Waals surface area contributed by atoms with Gasteiger partial charge in [-0.15, -0.1) is 0 Å². The van der Waals surface area contributed by atoms with E-state index in [9.17, 15) is 0 Å². The van der Waals surface area contributed by atoms with E-state index in [0.29, 0.717) is 0 Å². The Bertz CT molecular complexity index is 152. The fourth-order valence-electron chi connectivity index (χ4n) is 0.756. The molecule has 0 aliphatic heterocycles. The van der Waals surface area contributed by atoms with Crippen LogP contribution in [0, 0.1) is 0 Å². The zero-order chi connectivity index (χ0) is 9.45. The van der Waals surface area contributed by atoms with Gasteiger partial charge in [-0.05, 0) is 24.6 Å². The molecule has 0 aromatic rings. The van der Waals surface area contributed by atoms with Crippen molar-refractivity contribution < 1.29 is 0 Å². The van der Waals surface area contributed by atoms with E-state index in [2.05, 4.69) is 24.0 Å². The first-order chi connectivity index (χ1) is 5.62. The maximum absolute atomic E-state index is 5.85. The maximum atomic E-state index is 5.85. The predicted octanol–water partition coefficient (Wildman–Crippen LogP) is 1.56. The summed E-state index contributed by atoms with van der Waals surface area (Å²) in [6.07, 6.45) is 3.39. The molecule has 12 heavy (non-hydrogen) atoms. The third-order valence-electron chi connectivity index (χ3n) is 1.47. The third-order valence-corrected chi connectivity index (χ3v) is 3.64. The molecule has 74 valence electrons. The first-order valence-electron chi connectivity index (χ1n) is 4.51. The first-order valence-corrected chi connectivity index (χ1v) is 7.38. The van der Waals surface area contributed by atoms with Crippen molar-refractivity contribution in [2.45, 2.75) is 33.1 Å². The van der Waals surface area contributed by atoms with Crippen molar-refractivity contribution >= 4 is 18.3 Å². The number of nitrogens with one attached hydrogen (secondary N) is 2. The number of unbranched alkanes of at least 4 members (excludes halogenated alkanes) is 1. The molecule has 0 aliphatic rings. The minimum Gasteiger partial charge on any atom is -0.279 e. The minimum absolute atomic E-state index is 0.910. The molecule has 0 saturated heterocycles. The van der Waals surface area contributed by atoms with Crippen LogP contribution in [0.2, 0.25) is 0 Å². The molecule has 0 aliphatic carbocycles. The van der Waals surface area contributed by atoms with Gasteiger partial charge in [-0.1, -0.05) is 20.3 Å². The summed E-state index contributed by atoms with van der Waals surface area (Å²) in [4.78, 5) is 0. The van der Waals surface area contributed by atoms with Crippen LogP contribution in [-0.4, -0.2) is 13.1 Å². The molecular weight excluding hydrogens is 189 g/mol. The minimum atomic E-state index is -1.91. The average molecular weight is 209 g/mol. The van der Waals surface area contributed by atoms with Gasteiger partial charge >= 0.3 is 0 Å². The van der Waals surface area contributed by atoms with E-state index in [-0.39, 0.29) is 0 Å². The number of nitrogens with two attached hydrogens (primary N) is 1. The van der Waals surface area contributed by atoms with E-state index < -0.39 is 6.49 Å². The second-order valence-electron chi connectivity index (χ2n) is 2.83. The van der Waals surface area contributed by atoms with Crippen LogP contribution >= 0.6 is 6.49 Å². The molecular formula is C7H20N3PS. The highest BCUT2D eigenvalue weighted by molar-refractivity contribution is 8.11. The van der Waals surface area contributed by atoms with Crippen molar-refractivity contribution in [3.63, 3.8) is 0 Å². The van der Waals surface area contributed by atoms with Crippen LogP contribution in [0.3, 0.4) is 0 Å². The summed E-state index contributed by atoms with van der Waals surface area (Å²) < 4.78 is 0. The van der Waals surface area contributed by atoms with E-state index in [1.165, 1.54) is 6.42 Å². The summed E-state index contributed by atoms with van der Waals surface area (Å²) in [6.45, 7) is 4.20. The van der Waals surface area contributed by atoms with Gasteiger partial charge in [-0.25, -0.2) is 0 Å². The van der Waals surface area contributed by atoms with Gasteiger partial charge in [-0.2, -0.15) is 0 Å². The Morgan fingerprint density at radius 3 is 2.25 bits per heavy atom. The smallest absolute Gasteiger partial charge is 0.135 e. The molecule has 0 aromatic carbocycles. The van der Waals surface area contributed by atoms with E-state index >= 15 is 0 Å². The highest BCUT2D eigenvalue weighted by atomic mass is 32.4. The highest BCUT2D eigenvalue weighted by Gasteiger charge is 2.06. The molecule has 1 unspecified atom stereocenters. The van der Waals surface area contributed by atoms with Gasteiger partial charge < -0.3 is 0 Å². The first kappa shape index (κ1) is 12.5. The molecule has 0 heterocycles. The van der Waals surface area contributed by atoms with Gasteiger partial charge in [0.2, 0.25) is 0 Å². The maximum Gasteiger partial charge on any atom is 0.135 e. The Morgan fingerprint density at radius 1 is 1.17 bits per heavy atom. The predicted molar refractivity (Wildman–Crippen MR) is 59.7 cm³/mol.